The van der Waals surface area contributed by atoms with Gasteiger partial charge in [-0.15, -0.1) is 0 Å². The SMILES string of the molecule is C[C@@H]1CN(C(C)(C)CNS(=O)(=O)N2CCCCCC2)C[C@H](C)O1. The molecule has 7 heteroatoms. The molecule has 0 saturated carbocycles. The van der Waals surface area contributed by atoms with Crippen LogP contribution in [0.5, 0.6) is 0 Å². The average molecular weight is 348 g/mol. The van der Waals surface area contributed by atoms with Crippen LogP contribution in [0.4, 0.5) is 0 Å². The Morgan fingerprint density at radius 3 is 2.09 bits per heavy atom. The molecule has 2 saturated heterocycles. The van der Waals surface area contributed by atoms with Crippen molar-refractivity contribution >= 4 is 10.2 Å². The minimum Gasteiger partial charge on any atom is -0.373 e. The summed E-state index contributed by atoms with van der Waals surface area (Å²) in [6.45, 7) is 11.7. The number of morpholine rings is 1. The van der Waals surface area contributed by atoms with E-state index in [9.17, 15) is 8.42 Å². The van der Waals surface area contributed by atoms with Crippen LogP contribution in [0.2, 0.25) is 0 Å². The molecule has 6 nitrogen and oxygen atoms in total. The number of rotatable bonds is 5. The van der Waals surface area contributed by atoms with E-state index in [-0.39, 0.29) is 17.7 Å². The largest absolute Gasteiger partial charge is 0.373 e. The van der Waals surface area contributed by atoms with Crippen molar-refractivity contribution in [3.05, 3.63) is 0 Å². The van der Waals surface area contributed by atoms with E-state index in [0.717, 1.165) is 38.8 Å². The Morgan fingerprint density at radius 1 is 1.04 bits per heavy atom. The summed E-state index contributed by atoms with van der Waals surface area (Å²) in [5.41, 5.74) is -0.231. The summed E-state index contributed by atoms with van der Waals surface area (Å²) < 4.78 is 35.4. The van der Waals surface area contributed by atoms with Gasteiger partial charge in [0.15, 0.2) is 0 Å². The Labute approximate surface area is 141 Å². The molecule has 0 aromatic carbocycles. The summed E-state index contributed by atoms with van der Waals surface area (Å²) in [6, 6.07) is 0. The summed E-state index contributed by atoms with van der Waals surface area (Å²) in [6.07, 6.45) is 4.54. The number of hydrogen-bond donors (Lipinski definition) is 1. The van der Waals surface area contributed by atoms with E-state index in [1.807, 2.05) is 0 Å². The molecule has 0 radical (unpaired) electrons. The number of hydrogen-bond acceptors (Lipinski definition) is 4. The van der Waals surface area contributed by atoms with Crippen LogP contribution in [-0.2, 0) is 14.9 Å². The van der Waals surface area contributed by atoms with E-state index < -0.39 is 10.2 Å². The van der Waals surface area contributed by atoms with E-state index in [4.69, 9.17) is 4.74 Å². The Morgan fingerprint density at radius 2 is 1.57 bits per heavy atom. The maximum Gasteiger partial charge on any atom is 0.279 e. The second-order valence-electron chi connectivity index (χ2n) is 7.61. The molecular weight excluding hydrogens is 314 g/mol. The van der Waals surface area contributed by atoms with Crippen LogP contribution in [0.3, 0.4) is 0 Å². The predicted molar refractivity (Wildman–Crippen MR) is 92.6 cm³/mol. The number of ether oxygens (including phenoxy) is 1. The molecule has 136 valence electrons. The van der Waals surface area contributed by atoms with Gasteiger partial charge in [-0.2, -0.15) is 12.7 Å². The molecule has 23 heavy (non-hydrogen) atoms. The Bertz CT molecular complexity index is 463. The molecule has 1 N–H and O–H groups in total. The van der Waals surface area contributed by atoms with E-state index in [1.165, 1.54) is 0 Å². The summed E-state index contributed by atoms with van der Waals surface area (Å²) in [4.78, 5) is 2.33. The zero-order chi connectivity index (χ0) is 17.1. The van der Waals surface area contributed by atoms with Gasteiger partial charge in [0.25, 0.3) is 10.2 Å². The minimum atomic E-state index is -3.38. The molecule has 0 unspecified atom stereocenters. The fourth-order valence-electron chi connectivity index (χ4n) is 3.43. The smallest absolute Gasteiger partial charge is 0.279 e. The molecule has 0 aromatic heterocycles. The van der Waals surface area contributed by atoms with E-state index in [0.29, 0.717) is 19.6 Å². The van der Waals surface area contributed by atoms with Gasteiger partial charge < -0.3 is 4.74 Å². The normalized spacial score (nSPS) is 29.4. The minimum absolute atomic E-state index is 0.181. The zero-order valence-corrected chi connectivity index (χ0v) is 15.9. The van der Waals surface area contributed by atoms with Crippen LogP contribution in [0, 0.1) is 0 Å². The third-order valence-corrected chi connectivity index (χ3v) is 6.42. The quantitative estimate of drug-likeness (QED) is 0.820. The van der Waals surface area contributed by atoms with Crippen molar-refractivity contribution in [1.29, 1.82) is 0 Å². The second kappa shape index (κ2) is 7.78. The lowest BCUT2D eigenvalue weighted by Gasteiger charge is -2.45. The van der Waals surface area contributed by atoms with Gasteiger partial charge in [0.1, 0.15) is 0 Å². The molecule has 0 spiro atoms. The van der Waals surface area contributed by atoms with Crippen molar-refractivity contribution in [3.63, 3.8) is 0 Å². The first-order valence-electron chi connectivity index (χ1n) is 8.86. The predicted octanol–water partition coefficient (Wildman–Crippen LogP) is 1.58. The van der Waals surface area contributed by atoms with Crippen LogP contribution in [0.25, 0.3) is 0 Å². The second-order valence-corrected chi connectivity index (χ2v) is 9.37. The molecule has 0 aromatic rings. The zero-order valence-electron chi connectivity index (χ0n) is 15.0. The molecule has 2 atom stereocenters. The summed E-state index contributed by atoms with van der Waals surface area (Å²) in [7, 11) is -3.38. The Balaban J connectivity index is 1.94. The first kappa shape index (κ1) is 19.1. The van der Waals surface area contributed by atoms with Gasteiger partial charge >= 0.3 is 0 Å². The van der Waals surface area contributed by atoms with Gasteiger partial charge in [-0.05, 0) is 40.5 Å². The molecule has 2 aliphatic heterocycles. The highest BCUT2D eigenvalue weighted by atomic mass is 32.2. The van der Waals surface area contributed by atoms with Crippen molar-refractivity contribution in [2.75, 3.05) is 32.7 Å². The van der Waals surface area contributed by atoms with Gasteiger partial charge in [-0.25, -0.2) is 4.72 Å². The fourth-order valence-corrected chi connectivity index (χ4v) is 4.88. The lowest BCUT2D eigenvalue weighted by Crippen LogP contribution is -2.59. The maximum absolute atomic E-state index is 12.6. The lowest BCUT2D eigenvalue weighted by molar-refractivity contribution is -0.0945. The monoisotopic (exact) mass is 347 g/mol. The van der Waals surface area contributed by atoms with Gasteiger partial charge in [0.05, 0.1) is 12.2 Å². The van der Waals surface area contributed by atoms with Crippen LogP contribution in [0.15, 0.2) is 0 Å². The van der Waals surface area contributed by atoms with Crippen LogP contribution in [0.1, 0.15) is 53.4 Å². The summed E-state index contributed by atoms with van der Waals surface area (Å²) >= 11 is 0. The molecular formula is C16H33N3O3S. The molecule has 2 aliphatic rings. The standard InChI is InChI=1S/C16H33N3O3S/c1-14-11-18(12-15(2)22-14)16(3,4)13-17-23(20,21)19-9-7-5-6-8-10-19/h14-15,17H,5-13H2,1-4H3/t14-,15+. The maximum atomic E-state index is 12.6. The van der Waals surface area contributed by atoms with Gasteiger partial charge in [-0.1, -0.05) is 12.8 Å². The topological polar surface area (TPSA) is 61.9 Å². The van der Waals surface area contributed by atoms with Crippen molar-refractivity contribution in [2.24, 2.45) is 0 Å². The number of nitrogens with zero attached hydrogens (tertiary/aromatic N) is 2. The summed E-state index contributed by atoms with van der Waals surface area (Å²) in [5.74, 6) is 0. The van der Waals surface area contributed by atoms with E-state index in [1.54, 1.807) is 4.31 Å². The molecule has 0 aliphatic carbocycles. The highest BCUT2D eigenvalue weighted by molar-refractivity contribution is 7.87. The van der Waals surface area contributed by atoms with Gasteiger partial charge in [0, 0.05) is 38.3 Å². The lowest BCUT2D eigenvalue weighted by atomic mass is 10.0. The third kappa shape index (κ3) is 5.39. The third-order valence-electron chi connectivity index (χ3n) is 4.87. The van der Waals surface area contributed by atoms with Gasteiger partial charge in [-0.3, -0.25) is 4.90 Å². The number of nitrogens with one attached hydrogen (secondary N) is 1. The van der Waals surface area contributed by atoms with Crippen molar-refractivity contribution < 1.29 is 13.2 Å². The molecule has 0 bridgehead atoms. The first-order valence-corrected chi connectivity index (χ1v) is 10.3. The molecule has 0 amide bonds. The molecule has 2 fully saturated rings. The highest BCUT2D eigenvalue weighted by Crippen LogP contribution is 2.21. The molecule has 2 heterocycles. The van der Waals surface area contributed by atoms with Crippen molar-refractivity contribution in [3.8, 4) is 0 Å². The van der Waals surface area contributed by atoms with Crippen LogP contribution in [-0.4, -0.2) is 68.1 Å². The Kier molecular flexibility index (Phi) is 6.47. The molecule has 2 rings (SSSR count). The van der Waals surface area contributed by atoms with Crippen molar-refractivity contribution in [2.45, 2.75) is 71.1 Å². The van der Waals surface area contributed by atoms with Crippen LogP contribution < -0.4 is 4.72 Å². The first-order chi connectivity index (χ1) is 10.7. The Hall–Kier alpha value is -0.210. The highest BCUT2D eigenvalue weighted by Gasteiger charge is 2.34. The van der Waals surface area contributed by atoms with Gasteiger partial charge in [0.2, 0.25) is 0 Å². The van der Waals surface area contributed by atoms with E-state index in [2.05, 4.69) is 37.3 Å². The van der Waals surface area contributed by atoms with Crippen LogP contribution >= 0.6 is 0 Å². The van der Waals surface area contributed by atoms with Crippen molar-refractivity contribution in [1.82, 2.24) is 13.9 Å². The average Bonchev–Trinajstić information content (AvgIpc) is 2.74. The summed E-state index contributed by atoms with van der Waals surface area (Å²) in [5, 5.41) is 0. The van der Waals surface area contributed by atoms with E-state index >= 15 is 0 Å². The fraction of sp³-hybridized carbons (Fsp3) is 1.00.